The fourth-order valence-electron chi connectivity index (χ4n) is 2.44. The van der Waals surface area contributed by atoms with Crippen LogP contribution in [0.25, 0.3) is 6.08 Å². The summed E-state index contributed by atoms with van der Waals surface area (Å²) in [5.74, 6) is -0.594. The molecular formula is C21H18N2O3S. The first-order valence-electron chi connectivity index (χ1n) is 8.26. The molecule has 2 aromatic carbocycles. The summed E-state index contributed by atoms with van der Waals surface area (Å²) < 4.78 is 4.68. The van der Waals surface area contributed by atoms with Gasteiger partial charge >= 0.3 is 5.97 Å². The van der Waals surface area contributed by atoms with Crippen LogP contribution in [-0.4, -0.2) is 24.0 Å². The average molecular weight is 378 g/mol. The maximum atomic E-state index is 12.9. The number of aromatic nitrogens is 1. The van der Waals surface area contributed by atoms with Crippen molar-refractivity contribution < 1.29 is 14.3 Å². The molecule has 1 heterocycles. The zero-order valence-corrected chi connectivity index (χ0v) is 15.8. The van der Waals surface area contributed by atoms with E-state index in [-0.39, 0.29) is 5.91 Å². The van der Waals surface area contributed by atoms with Gasteiger partial charge in [0.1, 0.15) is 0 Å². The molecular weight excluding hydrogens is 360 g/mol. The molecule has 0 aliphatic carbocycles. The molecule has 0 atom stereocenters. The second kappa shape index (κ2) is 8.42. The minimum atomic E-state index is -0.393. The number of anilines is 2. The molecule has 5 nitrogen and oxygen atoms in total. The van der Waals surface area contributed by atoms with Crippen molar-refractivity contribution in [2.24, 2.45) is 0 Å². The van der Waals surface area contributed by atoms with Gasteiger partial charge in [-0.2, -0.15) is 0 Å². The van der Waals surface area contributed by atoms with Gasteiger partial charge in [-0.3, -0.25) is 9.69 Å². The van der Waals surface area contributed by atoms with Gasteiger partial charge in [0.05, 0.1) is 24.1 Å². The monoisotopic (exact) mass is 378 g/mol. The van der Waals surface area contributed by atoms with Crippen molar-refractivity contribution in [3.8, 4) is 0 Å². The van der Waals surface area contributed by atoms with E-state index in [0.29, 0.717) is 10.7 Å². The minimum Gasteiger partial charge on any atom is -0.465 e. The van der Waals surface area contributed by atoms with Crippen molar-refractivity contribution in [3.63, 3.8) is 0 Å². The molecule has 0 spiro atoms. The Morgan fingerprint density at radius 1 is 1.07 bits per heavy atom. The maximum Gasteiger partial charge on any atom is 0.337 e. The van der Waals surface area contributed by atoms with Crippen molar-refractivity contribution in [1.82, 2.24) is 4.98 Å². The van der Waals surface area contributed by atoms with Gasteiger partial charge in [-0.15, -0.1) is 11.3 Å². The number of carbonyl (C=O) groups is 2. The minimum absolute atomic E-state index is 0.201. The van der Waals surface area contributed by atoms with E-state index in [1.54, 1.807) is 35.2 Å². The van der Waals surface area contributed by atoms with Crippen LogP contribution in [0.3, 0.4) is 0 Å². The Morgan fingerprint density at radius 2 is 1.78 bits per heavy atom. The van der Waals surface area contributed by atoms with Gasteiger partial charge in [0.2, 0.25) is 0 Å². The van der Waals surface area contributed by atoms with E-state index in [1.165, 1.54) is 24.5 Å². The summed E-state index contributed by atoms with van der Waals surface area (Å²) in [6, 6.07) is 16.2. The van der Waals surface area contributed by atoms with Crippen LogP contribution in [0.1, 0.15) is 21.6 Å². The maximum absolute atomic E-state index is 12.9. The predicted molar refractivity (Wildman–Crippen MR) is 107 cm³/mol. The summed E-state index contributed by atoms with van der Waals surface area (Å²) in [6.07, 6.45) is 3.21. The molecule has 0 saturated heterocycles. The third-order valence-electron chi connectivity index (χ3n) is 3.78. The molecule has 0 fully saturated rings. The van der Waals surface area contributed by atoms with Crippen LogP contribution in [0.15, 0.2) is 66.1 Å². The van der Waals surface area contributed by atoms with Gasteiger partial charge in [-0.05, 0) is 42.8 Å². The predicted octanol–water partition coefficient (Wildman–Crippen LogP) is 4.62. The molecule has 0 N–H and O–H groups in total. The Balaban J connectivity index is 1.84. The number of hydrogen-bond donors (Lipinski definition) is 0. The molecule has 3 aromatic rings. The molecule has 1 aromatic heterocycles. The van der Waals surface area contributed by atoms with Gasteiger partial charge in [-0.25, -0.2) is 9.78 Å². The van der Waals surface area contributed by atoms with Crippen molar-refractivity contribution >= 4 is 40.1 Å². The summed E-state index contributed by atoms with van der Waals surface area (Å²) in [7, 11) is 1.34. The second-order valence-corrected chi connectivity index (χ2v) is 6.56. The van der Waals surface area contributed by atoms with Gasteiger partial charge in [0.25, 0.3) is 5.91 Å². The molecule has 0 radical (unpaired) electrons. The average Bonchev–Trinajstić information content (AvgIpc) is 3.13. The van der Waals surface area contributed by atoms with Crippen LogP contribution in [0, 0.1) is 6.92 Å². The Labute approximate surface area is 161 Å². The van der Waals surface area contributed by atoms with Crippen molar-refractivity contribution in [2.45, 2.75) is 6.92 Å². The molecule has 0 aliphatic rings. The second-order valence-electron chi connectivity index (χ2n) is 5.73. The quantitative estimate of drug-likeness (QED) is 0.480. The SMILES string of the molecule is COC(=O)c1ccc(/C=C/C(=O)N(c2ccccc2)c2nc(C)cs2)cc1. The molecule has 0 aliphatic heterocycles. The van der Waals surface area contributed by atoms with E-state index < -0.39 is 5.97 Å². The van der Waals surface area contributed by atoms with Crippen LogP contribution in [0.2, 0.25) is 0 Å². The molecule has 1 amide bonds. The number of aryl methyl sites for hydroxylation is 1. The van der Waals surface area contributed by atoms with E-state index in [9.17, 15) is 9.59 Å². The Kier molecular flexibility index (Phi) is 5.78. The third-order valence-corrected chi connectivity index (χ3v) is 4.73. The number of rotatable bonds is 5. The van der Waals surface area contributed by atoms with Crippen LogP contribution >= 0.6 is 11.3 Å². The number of nitrogens with zero attached hydrogens (tertiary/aromatic N) is 2. The molecule has 0 saturated carbocycles. The Morgan fingerprint density at radius 3 is 2.37 bits per heavy atom. The highest BCUT2D eigenvalue weighted by Gasteiger charge is 2.18. The first kappa shape index (κ1) is 18.5. The van der Waals surface area contributed by atoms with E-state index in [4.69, 9.17) is 0 Å². The van der Waals surface area contributed by atoms with E-state index in [1.807, 2.05) is 42.6 Å². The Hall–Kier alpha value is -3.25. The van der Waals surface area contributed by atoms with E-state index in [2.05, 4.69) is 9.72 Å². The highest BCUT2D eigenvalue weighted by atomic mass is 32.1. The molecule has 0 bridgehead atoms. The molecule has 136 valence electrons. The van der Waals surface area contributed by atoms with Crippen LogP contribution in [0.5, 0.6) is 0 Å². The lowest BCUT2D eigenvalue weighted by molar-refractivity contribution is -0.113. The normalized spacial score (nSPS) is 10.7. The zero-order chi connectivity index (χ0) is 19.2. The number of benzene rings is 2. The topological polar surface area (TPSA) is 59.5 Å². The summed E-state index contributed by atoms with van der Waals surface area (Å²) in [5.41, 5.74) is 2.89. The molecule has 6 heteroatoms. The largest absolute Gasteiger partial charge is 0.465 e. The molecule has 3 rings (SSSR count). The lowest BCUT2D eigenvalue weighted by atomic mass is 10.1. The number of ether oxygens (including phenoxy) is 1. The first-order valence-corrected chi connectivity index (χ1v) is 9.14. The number of thiazole rings is 1. The third kappa shape index (κ3) is 4.48. The van der Waals surface area contributed by atoms with Crippen LogP contribution < -0.4 is 4.90 Å². The number of amides is 1. The highest BCUT2D eigenvalue weighted by molar-refractivity contribution is 7.14. The van der Waals surface area contributed by atoms with Crippen LogP contribution in [0.4, 0.5) is 10.8 Å². The summed E-state index contributed by atoms with van der Waals surface area (Å²) >= 11 is 1.42. The van der Waals surface area contributed by atoms with Gasteiger partial charge < -0.3 is 4.74 Å². The number of hydrogen-bond acceptors (Lipinski definition) is 5. The molecule has 27 heavy (non-hydrogen) atoms. The summed E-state index contributed by atoms with van der Waals surface area (Å²) in [6.45, 7) is 1.90. The lowest BCUT2D eigenvalue weighted by Crippen LogP contribution is -2.23. The number of methoxy groups -OCH3 is 1. The first-order chi connectivity index (χ1) is 13.1. The number of esters is 1. The fraction of sp³-hybridized carbons (Fsp3) is 0.0952. The zero-order valence-electron chi connectivity index (χ0n) is 15.0. The standard InChI is InChI=1S/C21H18N2O3S/c1-15-14-27-21(22-15)23(18-6-4-3-5-7-18)19(24)13-10-16-8-11-17(12-9-16)20(25)26-2/h3-14H,1-2H3/b13-10+. The number of para-hydroxylation sites is 1. The van der Waals surface area contributed by atoms with Gasteiger partial charge in [0.15, 0.2) is 5.13 Å². The molecule has 0 unspecified atom stereocenters. The van der Waals surface area contributed by atoms with Gasteiger partial charge in [-0.1, -0.05) is 30.3 Å². The van der Waals surface area contributed by atoms with E-state index >= 15 is 0 Å². The van der Waals surface area contributed by atoms with Crippen LogP contribution in [-0.2, 0) is 9.53 Å². The highest BCUT2D eigenvalue weighted by Crippen LogP contribution is 2.28. The van der Waals surface area contributed by atoms with Crippen molar-refractivity contribution in [3.05, 3.63) is 82.9 Å². The van der Waals surface area contributed by atoms with E-state index in [0.717, 1.165) is 16.9 Å². The van der Waals surface area contributed by atoms with Gasteiger partial charge in [0, 0.05) is 11.5 Å². The lowest BCUT2D eigenvalue weighted by Gasteiger charge is -2.18. The fourth-order valence-corrected chi connectivity index (χ4v) is 3.27. The van der Waals surface area contributed by atoms with Crippen molar-refractivity contribution in [1.29, 1.82) is 0 Å². The van der Waals surface area contributed by atoms with Crippen molar-refractivity contribution in [2.75, 3.05) is 12.0 Å². The summed E-state index contributed by atoms with van der Waals surface area (Å²) in [5, 5.41) is 2.53. The summed E-state index contributed by atoms with van der Waals surface area (Å²) in [4.78, 5) is 30.4. The Bertz CT molecular complexity index is 963. The smallest absolute Gasteiger partial charge is 0.337 e. The number of carbonyl (C=O) groups excluding carboxylic acids is 2.